The van der Waals surface area contributed by atoms with Gasteiger partial charge in [-0.2, -0.15) is 4.72 Å². The second kappa shape index (κ2) is 7.67. The van der Waals surface area contributed by atoms with Crippen LogP contribution in [0.3, 0.4) is 0 Å². The van der Waals surface area contributed by atoms with Crippen LogP contribution in [0.5, 0.6) is 0 Å². The van der Waals surface area contributed by atoms with Crippen molar-refractivity contribution in [1.82, 2.24) is 15.0 Å². The lowest BCUT2D eigenvalue weighted by molar-refractivity contribution is -0.123. The van der Waals surface area contributed by atoms with E-state index in [0.717, 1.165) is 11.3 Å². The number of hydrogen-bond acceptors (Lipinski definition) is 5. The number of nitrogens with one attached hydrogen (secondary N) is 2. The van der Waals surface area contributed by atoms with Gasteiger partial charge in [-0.15, -0.1) is 11.3 Å². The minimum absolute atomic E-state index is 0.187. The van der Waals surface area contributed by atoms with Crippen LogP contribution in [0.1, 0.15) is 19.5 Å². The molecule has 0 aliphatic rings. The molecule has 2 heterocycles. The second-order valence-electron chi connectivity index (χ2n) is 5.31. The van der Waals surface area contributed by atoms with E-state index in [1.807, 2.05) is 6.07 Å². The summed E-state index contributed by atoms with van der Waals surface area (Å²) >= 11 is 1.11. The Hall–Kier alpha value is -1.77. The van der Waals surface area contributed by atoms with E-state index < -0.39 is 16.1 Å². The molecule has 0 saturated heterocycles. The van der Waals surface area contributed by atoms with Gasteiger partial charge in [0.1, 0.15) is 10.3 Å². The summed E-state index contributed by atoms with van der Waals surface area (Å²) in [7, 11) is -3.70. The maximum Gasteiger partial charge on any atom is 0.250 e. The van der Waals surface area contributed by atoms with Gasteiger partial charge in [0, 0.05) is 6.20 Å². The first-order valence-electron chi connectivity index (χ1n) is 7.13. The molecule has 0 bridgehead atoms. The van der Waals surface area contributed by atoms with E-state index in [1.54, 1.807) is 43.6 Å². The summed E-state index contributed by atoms with van der Waals surface area (Å²) in [6, 6.07) is 7.73. The Morgan fingerprint density at radius 3 is 2.61 bits per heavy atom. The van der Waals surface area contributed by atoms with Crippen molar-refractivity contribution in [2.45, 2.75) is 30.6 Å². The molecule has 0 aliphatic carbocycles. The summed E-state index contributed by atoms with van der Waals surface area (Å²) in [6.07, 6.45) is 1.64. The van der Waals surface area contributed by atoms with Crippen molar-refractivity contribution in [3.8, 4) is 0 Å². The number of carbonyl (C=O) groups excluding carboxylic acids is 1. The summed E-state index contributed by atoms with van der Waals surface area (Å²) in [5, 5.41) is 4.40. The van der Waals surface area contributed by atoms with Gasteiger partial charge in [-0.05, 0) is 29.5 Å². The summed E-state index contributed by atoms with van der Waals surface area (Å²) in [5.41, 5.74) is 0.712. The maximum absolute atomic E-state index is 12.3. The largest absolute Gasteiger partial charge is 0.349 e. The molecule has 124 valence electrons. The summed E-state index contributed by atoms with van der Waals surface area (Å²) in [4.78, 5) is 16.5. The third kappa shape index (κ3) is 4.85. The summed E-state index contributed by atoms with van der Waals surface area (Å²) < 4.78 is 27.3. The SMILES string of the molecule is CC(C)C(NS(=O)(=O)c1cccs1)C(=O)NCc1ccccn1. The Bertz CT molecular complexity index is 729. The smallest absolute Gasteiger partial charge is 0.250 e. The molecule has 0 saturated carbocycles. The molecule has 2 aromatic heterocycles. The molecule has 1 atom stereocenters. The first kappa shape index (κ1) is 17.6. The number of amides is 1. The van der Waals surface area contributed by atoms with Crippen LogP contribution in [0.4, 0.5) is 0 Å². The number of hydrogen-bond donors (Lipinski definition) is 2. The molecule has 6 nitrogen and oxygen atoms in total. The molecule has 0 fully saturated rings. The Morgan fingerprint density at radius 2 is 2.04 bits per heavy atom. The number of carbonyl (C=O) groups is 1. The van der Waals surface area contributed by atoms with Gasteiger partial charge in [-0.25, -0.2) is 8.42 Å². The average molecular weight is 353 g/mol. The van der Waals surface area contributed by atoms with Gasteiger partial charge in [0.15, 0.2) is 0 Å². The normalized spacial score (nSPS) is 13.0. The van der Waals surface area contributed by atoms with Crippen molar-refractivity contribution in [3.63, 3.8) is 0 Å². The van der Waals surface area contributed by atoms with E-state index in [0.29, 0.717) is 5.69 Å². The standard InChI is InChI=1S/C15H19N3O3S2/c1-11(2)14(18-23(20,21)13-7-5-9-22-13)15(19)17-10-12-6-3-4-8-16-12/h3-9,11,14,18H,10H2,1-2H3,(H,17,19). The van der Waals surface area contributed by atoms with Gasteiger partial charge >= 0.3 is 0 Å². The van der Waals surface area contributed by atoms with E-state index in [9.17, 15) is 13.2 Å². The highest BCUT2D eigenvalue weighted by Gasteiger charge is 2.28. The Labute approximate surface area is 140 Å². The number of pyridine rings is 1. The van der Waals surface area contributed by atoms with Crippen molar-refractivity contribution in [2.24, 2.45) is 5.92 Å². The Morgan fingerprint density at radius 1 is 1.26 bits per heavy atom. The first-order chi connectivity index (χ1) is 10.9. The highest BCUT2D eigenvalue weighted by molar-refractivity contribution is 7.91. The predicted octanol–water partition coefficient (Wildman–Crippen LogP) is 1.76. The molecule has 2 rings (SSSR count). The maximum atomic E-state index is 12.3. The van der Waals surface area contributed by atoms with Crippen LogP contribution in [-0.4, -0.2) is 25.4 Å². The number of nitrogens with zero attached hydrogens (tertiary/aromatic N) is 1. The molecule has 0 spiro atoms. The number of rotatable bonds is 7. The van der Waals surface area contributed by atoms with Crippen molar-refractivity contribution in [1.29, 1.82) is 0 Å². The van der Waals surface area contributed by atoms with Crippen molar-refractivity contribution < 1.29 is 13.2 Å². The molecule has 2 aromatic rings. The van der Waals surface area contributed by atoms with E-state index >= 15 is 0 Å². The van der Waals surface area contributed by atoms with Gasteiger partial charge in [0.25, 0.3) is 10.0 Å². The fourth-order valence-corrected chi connectivity index (χ4v) is 4.28. The van der Waals surface area contributed by atoms with Gasteiger partial charge in [-0.1, -0.05) is 26.0 Å². The highest BCUT2D eigenvalue weighted by atomic mass is 32.2. The van der Waals surface area contributed by atoms with E-state index in [-0.39, 0.29) is 22.6 Å². The van der Waals surface area contributed by atoms with Crippen LogP contribution in [0.15, 0.2) is 46.1 Å². The van der Waals surface area contributed by atoms with Crippen LogP contribution in [-0.2, 0) is 21.4 Å². The Kier molecular flexibility index (Phi) is 5.86. The fourth-order valence-electron chi connectivity index (χ4n) is 1.92. The van der Waals surface area contributed by atoms with E-state index in [4.69, 9.17) is 0 Å². The predicted molar refractivity (Wildman–Crippen MR) is 89.4 cm³/mol. The van der Waals surface area contributed by atoms with Crippen LogP contribution in [0.2, 0.25) is 0 Å². The van der Waals surface area contributed by atoms with E-state index in [1.165, 1.54) is 6.07 Å². The fraction of sp³-hybridized carbons (Fsp3) is 0.333. The molecule has 1 unspecified atom stereocenters. The molecule has 0 aromatic carbocycles. The Balaban J connectivity index is 2.05. The topological polar surface area (TPSA) is 88.2 Å². The van der Waals surface area contributed by atoms with Crippen molar-refractivity contribution in [3.05, 3.63) is 47.6 Å². The molecule has 0 radical (unpaired) electrons. The number of sulfonamides is 1. The second-order valence-corrected chi connectivity index (χ2v) is 8.20. The van der Waals surface area contributed by atoms with Crippen molar-refractivity contribution >= 4 is 27.3 Å². The zero-order valence-corrected chi connectivity index (χ0v) is 14.5. The van der Waals surface area contributed by atoms with Crippen LogP contribution >= 0.6 is 11.3 Å². The zero-order chi connectivity index (χ0) is 16.9. The van der Waals surface area contributed by atoms with Crippen LogP contribution in [0.25, 0.3) is 0 Å². The van der Waals surface area contributed by atoms with Crippen LogP contribution < -0.4 is 10.0 Å². The average Bonchev–Trinajstić information content (AvgIpc) is 3.06. The highest BCUT2D eigenvalue weighted by Crippen LogP contribution is 2.17. The quantitative estimate of drug-likeness (QED) is 0.794. The molecule has 1 amide bonds. The molecular formula is C15H19N3O3S2. The van der Waals surface area contributed by atoms with Gasteiger partial charge in [0.05, 0.1) is 12.2 Å². The van der Waals surface area contributed by atoms with Gasteiger partial charge < -0.3 is 5.32 Å². The van der Waals surface area contributed by atoms with Gasteiger partial charge in [-0.3, -0.25) is 9.78 Å². The number of aromatic nitrogens is 1. The summed E-state index contributed by atoms with van der Waals surface area (Å²) in [5.74, 6) is -0.556. The lowest BCUT2D eigenvalue weighted by Gasteiger charge is -2.21. The third-order valence-corrected chi connectivity index (χ3v) is 6.00. The van der Waals surface area contributed by atoms with Crippen molar-refractivity contribution in [2.75, 3.05) is 0 Å². The number of thiophene rings is 1. The lowest BCUT2D eigenvalue weighted by Crippen LogP contribution is -2.49. The van der Waals surface area contributed by atoms with Crippen LogP contribution in [0, 0.1) is 5.92 Å². The van der Waals surface area contributed by atoms with E-state index in [2.05, 4.69) is 15.0 Å². The molecule has 2 N–H and O–H groups in total. The lowest BCUT2D eigenvalue weighted by atomic mass is 10.1. The monoisotopic (exact) mass is 353 g/mol. The third-order valence-electron chi connectivity index (χ3n) is 3.16. The first-order valence-corrected chi connectivity index (χ1v) is 9.50. The van der Waals surface area contributed by atoms with Gasteiger partial charge in [0.2, 0.25) is 5.91 Å². The molecule has 8 heteroatoms. The molecule has 0 aliphatic heterocycles. The zero-order valence-electron chi connectivity index (χ0n) is 12.9. The minimum Gasteiger partial charge on any atom is -0.349 e. The summed E-state index contributed by atoms with van der Waals surface area (Å²) in [6.45, 7) is 3.84. The molecule has 23 heavy (non-hydrogen) atoms. The minimum atomic E-state index is -3.70. The molecular weight excluding hydrogens is 334 g/mol.